The lowest BCUT2D eigenvalue weighted by atomic mass is 10.5. The van der Waals surface area contributed by atoms with Crippen molar-refractivity contribution in [2.75, 3.05) is 0 Å². The normalized spacial score (nSPS) is 6.62. The number of aliphatic hydroxyl groups is 1. The molecule has 0 rings (SSSR count). The van der Waals surface area contributed by atoms with Gasteiger partial charge in [-0.15, -0.1) is 5.92 Å². The minimum atomic E-state index is 1.48. The van der Waals surface area contributed by atoms with Gasteiger partial charge in [0, 0.05) is 0 Å². The van der Waals surface area contributed by atoms with Gasteiger partial charge in [0.1, 0.15) is 6.11 Å². The van der Waals surface area contributed by atoms with E-state index < -0.39 is 0 Å². The van der Waals surface area contributed by atoms with Crippen molar-refractivity contribution in [1.82, 2.24) is 0 Å². The zero-order valence-electron chi connectivity index (χ0n) is 4.60. The van der Waals surface area contributed by atoms with Crippen LogP contribution in [0.4, 0.5) is 0 Å². The Hall–Kier alpha value is -1.34. The third kappa shape index (κ3) is 4.66. The first-order valence-corrected chi connectivity index (χ1v) is 2.13. The van der Waals surface area contributed by atoms with Crippen molar-refractivity contribution in [3.05, 3.63) is 12.2 Å². The molecule has 0 aliphatic heterocycles. The molecule has 1 nitrogen and oxygen atoms in total. The minimum Gasteiger partial charge on any atom is -0.462 e. The highest BCUT2D eigenvalue weighted by Crippen LogP contribution is 1.63. The zero-order valence-corrected chi connectivity index (χ0v) is 4.60. The zero-order chi connectivity index (χ0) is 6.24. The van der Waals surface area contributed by atoms with Crippen LogP contribution in [0.1, 0.15) is 6.92 Å². The van der Waals surface area contributed by atoms with Crippen LogP contribution in [0, 0.1) is 23.9 Å². The number of hydrogen-bond acceptors (Lipinski definition) is 1. The van der Waals surface area contributed by atoms with Crippen molar-refractivity contribution in [2.24, 2.45) is 0 Å². The molecule has 0 aromatic carbocycles. The van der Waals surface area contributed by atoms with Gasteiger partial charge in [-0.05, 0) is 25.0 Å². The van der Waals surface area contributed by atoms with Crippen LogP contribution >= 0.6 is 0 Å². The second-order valence-corrected chi connectivity index (χ2v) is 0.984. The fourth-order valence-corrected chi connectivity index (χ4v) is 0.204. The van der Waals surface area contributed by atoms with Crippen LogP contribution < -0.4 is 0 Å². The Balaban J connectivity index is 3.56. The highest BCUT2D eigenvalue weighted by atomic mass is 16.2. The van der Waals surface area contributed by atoms with Crippen molar-refractivity contribution in [3.63, 3.8) is 0 Å². The lowest BCUT2D eigenvalue weighted by Crippen LogP contribution is -1.50. The van der Waals surface area contributed by atoms with Gasteiger partial charge < -0.3 is 5.11 Å². The molecule has 0 saturated heterocycles. The van der Waals surface area contributed by atoms with E-state index >= 15 is 0 Å². The van der Waals surface area contributed by atoms with Crippen LogP contribution in [-0.2, 0) is 0 Å². The van der Waals surface area contributed by atoms with Gasteiger partial charge in [0.25, 0.3) is 0 Å². The molecular formula is C7H6O. The lowest BCUT2D eigenvalue weighted by Gasteiger charge is -1.59. The second kappa shape index (κ2) is 5.66. The predicted molar refractivity (Wildman–Crippen MR) is 32.3 cm³/mol. The predicted octanol–water partition coefficient (Wildman–Crippen LogP) is 0.899. The average Bonchev–Trinajstić information content (AvgIpc) is 1.81. The van der Waals surface area contributed by atoms with E-state index in [2.05, 4.69) is 17.8 Å². The van der Waals surface area contributed by atoms with Crippen LogP contribution in [-0.4, -0.2) is 5.11 Å². The van der Waals surface area contributed by atoms with Crippen molar-refractivity contribution in [2.45, 2.75) is 6.92 Å². The summed E-state index contributed by atoms with van der Waals surface area (Å²) in [6.07, 6.45) is 4.78. The van der Waals surface area contributed by atoms with E-state index in [1.54, 1.807) is 19.1 Å². The summed E-state index contributed by atoms with van der Waals surface area (Å²) < 4.78 is 0. The molecule has 0 aliphatic rings. The number of allylic oxidation sites excluding steroid dienone is 2. The molecule has 1 N–H and O–H groups in total. The van der Waals surface area contributed by atoms with Crippen LogP contribution in [0.25, 0.3) is 0 Å². The highest BCUT2D eigenvalue weighted by Gasteiger charge is 1.53. The Morgan fingerprint density at radius 2 is 1.88 bits per heavy atom. The molecule has 0 unspecified atom stereocenters. The molecule has 0 aliphatic carbocycles. The summed E-state index contributed by atoms with van der Waals surface area (Å²) in [5, 5.41) is 7.91. The Morgan fingerprint density at radius 3 is 2.38 bits per heavy atom. The summed E-state index contributed by atoms with van der Waals surface area (Å²) in [5.74, 6) is 7.58. The lowest BCUT2D eigenvalue weighted by molar-refractivity contribution is 0.517. The van der Waals surface area contributed by atoms with Crippen LogP contribution in [0.3, 0.4) is 0 Å². The second-order valence-electron chi connectivity index (χ2n) is 0.984. The van der Waals surface area contributed by atoms with Gasteiger partial charge in [-0.2, -0.15) is 0 Å². The molecule has 8 heavy (non-hydrogen) atoms. The SMILES string of the molecule is CC#CC=CC#CO. The van der Waals surface area contributed by atoms with Crippen LogP contribution in [0.2, 0.25) is 0 Å². The largest absolute Gasteiger partial charge is 0.462 e. The third-order valence-electron chi connectivity index (χ3n) is 0.459. The van der Waals surface area contributed by atoms with Crippen LogP contribution in [0.5, 0.6) is 0 Å². The fraction of sp³-hybridized carbons (Fsp3) is 0.143. The molecule has 0 fully saturated rings. The van der Waals surface area contributed by atoms with E-state index in [4.69, 9.17) is 5.11 Å². The Morgan fingerprint density at radius 1 is 1.25 bits per heavy atom. The Bertz CT molecular complexity index is 158. The van der Waals surface area contributed by atoms with Gasteiger partial charge in [0.05, 0.1) is 0 Å². The fourth-order valence-electron chi connectivity index (χ4n) is 0.204. The first-order valence-electron chi connectivity index (χ1n) is 2.13. The summed E-state index contributed by atoms with van der Waals surface area (Å²) in [4.78, 5) is 0. The topological polar surface area (TPSA) is 20.2 Å². The number of hydrogen-bond donors (Lipinski definition) is 1. The van der Waals surface area contributed by atoms with Crippen molar-refractivity contribution in [1.29, 1.82) is 0 Å². The van der Waals surface area contributed by atoms with Gasteiger partial charge in [0.15, 0.2) is 0 Å². The molecule has 0 amide bonds. The van der Waals surface area contributed by atoms with Crippen molar-refractivity contribution < 1.29 is 5.11 Å². The smallest absolute Gasteiger partial charge is 0.112 e. The summed E-state index contributed by atoms with van der Waals surface area (Å²) in [6, 6.07) is 0. The Kier molecular flexibility index (Phi) is 4.71. The maximum absolute atomic E-state index is 7.91. The van der Waals surface area contributed by atoms with Gasteiger partial charge in [-0.3, -0.25) is 0 Å². The van der Waals surface area contributed by atoms with Gasteiger partial charge >= 0.3 is 0 Å². The maximum atomic E-state index is 7.91. The van der Waals surface area contributed by atoms with E-state index in [0.717, 1.165) is 0 Å². The van der Waals surface area contributed by atoms with Gasteiger partial charge in [-0.25, -0.2) is 0 Å². The van der Waals surface area contributed by atoms with Gasteiger partial charge in [-0.1, -0.05) is 5.92 Å². The molecule has 0 aromatic rings. The van der Waals surface area contributed by atoms with E-state index in [-0.39, 0.29) is 0 Å². The standard InChI is InChI=1S/C7H6O/c1-2-3-4-5-6-7-8/h4-5,8H,1H3. The molecule has 40 valence electrons. The molecule has 0 spiro atoms. The first-order chi connectivity index (χ1) is 3.91. The molecule has 0 heterocycles. The third-order valence-corrected chi connectivity index (χ3v) is 0.459. The molecule has 0 bridgehead atoms. The highest BCUT2D eigenvalue weighted by molar-refractivity contribution is 5.22. The summed E-state index contributed by atoms with van der Waals surface area (Å²) in [7, 11) is 0. The van der Waals surface area contributed by atoms with E-state index in [0.29, 0.717) is 0 Å². The van der Waals surface area contributed by atoms with Gasteiger partial charge in [0.2, 0.25) is 0 Å². The minimum absolute atomic E-state index is 1.48. The van der Waals surface area contributed by atoms with E-state index in [9.17, 15) is 0 Å². The monoisotopic (exact) mass is 106 g/mol. The van der Waals surface area contributed by atoms with E-state index in [1.165, 1.54) is 6.08 Å². The maximum Gasteiger partial charge on any atom is 0.112 e. The summed E-state index contributed by atoms with van der Waals surface area (Å²) in [5.41, 5.74) is 0. The van der Waals surface area contributed by atoms with Crippen molar-refractivity contribution >= 4 is 0 Å². The molecule has 0 saturated carbocycles. The molecular weight excluding hydrogens is 100 g/mol. The molecule has 1 heteroatoms. The summed E-state index contributed by atoms with van der Waals surface area (Å²) >= 11 is 0. The molecule has 0 atom stereocenters. The quantitative estimate of drug-likeness (QED) is 0.455. The Labute approximate surface area is 49.0 Å². The number of aliphatic hydroxyl groups excluding tert-OH is 1. The molecule has 0 radical (unpaired) electrons. The number of rotatable bonds is 0. The first kappa shape index (κ1) is 6.66. The van der Waals surface area contributed by atoms with E-state index in [1.807, 2.05) is 0 Å². The van der Waals surface area contributed by atoms with Crippen molar-refractivity contribution in [3.8, 4) is 23.9 Å². The average molecular weight is 106 g/mol. The molecule has 0 aromatic heterocycles. The van der Waals surface area contributed by atoms with Crippen LogP contribution in [0.15, 0.2) is 12.2 Å². The summed E-state index contributed by atoms with van der Waals surface area (Å²) in [6.45, 7) is 1.73.